The summed E-state index contributed by atoms with van der Waals surface area (Å²) < 4.78 is 22.6. The average Bonchev–Trinajstić information content (AvgIpc) is 3.27. The molecule has 6 nitrogen and oxygen atoms in total. The lowest BCUT2D eigenvalue weighted by Crippen LogP contribution is -2.39. The summed E-state index contributed by atoms with van der Waals surface area (Å²) in [6.45, 7) is 5.56. The quantitative estimate of drug-likeness (QED) is 0.728. The van der Waals surface area contributed by atoms with Crippen molar-refractivity contribution in [3.63, 3.8) is 0 Å². The van der Waals surface area contributed by atoms with Crippen molar-refractivity contribution in [1.82, 2.24) is 4.90 Å². The van der Waals surface area contributed by atoms with Gasteiger partial charge in [-0.15, -0.1) is 0 Å². The predicted octanol–water partition coefficient (Wildman–Crippen LogP) is 3.70. The van der Waals surface area contributed by atoms with Crippen LogP contribution in [0.15, 0.2) is 48.5 Å². The summed E-state index contributed by atoms with van der Waals surface area (Å²) in [5.74, 6) is 1.37. The fraction of sp³-hybridized carbons (Fsp3) is 0.458. The Kier molecular flexibility index (Phi) is 4.91. The largest absolute Gasteiger partial charge is 0.454 e. The Morgan fingerprint density at radius 1 is 1.10 bits per heavy atom. The molecular weight excluding hydrogens is 382 g/mol. The lowest BCUT2D eigenvalue weighted by molar-refractivity contribution is -0.147. The summed E-state index contributed by atoms with van der Waals surface area (Å²) in [5.41, 5.74) is 2.25. The van der Waals surface area contributed by atoms with Crippen LogP contribution in [-0.4, -0.2) is 42.6 Å². The molecule has 3 aliphatic rings. The normalized spacial score (nSPS) is 25.9. The summed E-state index contributed by atoms with van der Waals surface area (Å²) in [4.78, 5) is 15.4. The van der Waals surface area contributed by atoms with Gasteiger partial charge in [-0.3, -0.25) is 4.79 Å². The van der Waals surface area contributed by atoms with Gasteiger partial charge in [0.2, 0.25) is 12.7 Å². The van der Waals surface area contributed by atoms with Gasteiger partial charge in [0.15, 0.2) is 17.3 Å². The zero-order chi connectivity index (χ0) is 20.7. The zero-order valence-corrected chi connectivity index (χ0v) is 17.4. The molecule has 30 heavy (non-hydrogen) atoms. The highest BCUT2D eigenvalue weighted by atomic mass is 16.7. The van der Waals surface area contributed by atoms with Crippen LogP contribution in [0, 0.1) is 5.92 Å². The Hall–Kier alpha value is -2.57. The first kappa shape index (κ1) is 19.4. The Morgan fingerprint density at radius 3 is 2.67 bits per heavy atom. The number of ether oxygens (including phenoxy) is 4. The second-order valence-corrected chi connectivity index (χ2v) is 8.72. The van der Waals surface area contributed by atoms with E-state index < -0.39 is 5.79 Å². The lowest BCUT2D eigenvalue weighted by atomic mass is 10.1. The fourth-order valence-corrected chi connectivity index (χ4v) is 4.36. The van der Waals surface area contributed by atoms with Crippen LogP contribution in [0.5, 0.6) is 11.5 Å². The van der Waals surface area contributed by atoms with Crippen molar-refractivity contribution >= 4 is 5.91 Å². The van der Waals surface area contributed by atoms with Crippen LogP contribution in [0.4, 0.5) is 0 Å². The van der Waals surface area contributed by atoms with Crippen molar-refractivity contribution in [2.45, 2.75) is 44.6 Å². The van der Waals surface area contributed by atoms with E-state index in [0.717, 1.165) is 23.5 Å². The molecule has 6 heteroatoms. The summed E-state index contributed by atoms with van der Waals surface area (Å²) in [5, 5.41) is 0. The molecule has 1 saturated heterocycles. The number of amides is 1. The van der Waals surface area contributed by atoms with E-state index in [-0.39, 0.29) is 24.7 Å². The molecule has 2 fully saturated rings. The number of carbonyl (C=O) groups excluding carboxylic acids is 1. The molecule has 5 rings (SSSR count). The van der Waals surface area contributed by atoms with Crippen LogP contribution in [0.2, 0.25) is 0 Å². The molecule has 0 radical (unpaired) electrons. The SMILES string of the molecule is CC1(C)OC[C@H](CN(Cc2ccc3c(c2)OCO3)C(=O)[C@H]2C[C@H]2c2ccccc2)O1. The highest BCUT2D eigenvalue weighted by molar-refractivity contribution is 5.83. The maximum absolute atomic E-state index is 13.5. The molecule has 0 unspecified atom stereocenters. The van der Waals surface area contributed by atoms with Crippen molar-refractivity contribution in [3.8, 4) is 11.5 Å². The van der Waals surface area contributed by atoms with E-state index in [1.807, 2.05) is 55.1 Å². The first-order chi connectivity index (χ1) is 14.5. The van der Waals surface area contributed by atoms with Gasteiger partial charge in [0.25, 0.3) is 0 Å². The maximum atomic E-state index is 13.5. The number of carbonyl (C=O) groups is 1. The highest BCUT2D eigenvalue weighted by Crippen LogP contribution is 2.48. The molecular formula is C24H27NO5. The average molecular weight is 409 g/mol. The number of nitrogens with zero attached hydrogens (tertiary/aromatic N) is 1. The molecule has 2 heterocycles. The zero-order valence-electron chi connectivity index (χ0n) is 17.4. The number of hydrogen-bond donors (Lipinski definition) is 0. The predicted molar refractivity (Wildman–Crippen MR) is 110 cm³/mol. The molecule has 0 N–H and O–H groups in total. The standard InChI is InChI=1S/C24H27NO5/c1-24(2)29-14-18(30-24)13-25(12-16-8-9-21-22(10-16)28-15-27-21)23(26)20-11-19(20)17-6-4-3-5-7-17/h3-10,18-20H,11-15H2,1-2H3/t18-,19-,20-/m0/s1. The summed E-state index contributed by atoms with van der Waals surface area (Å²) in [7, 11) is 0. The van der Waals surface area contributed by atoms with Gasteiger partial charge < -0.3 is 23.8 Å². The summed E-state index contributed by atoms with van der Waals surface area (Å²) in [6.07, 6.45) is 0.764. The Labute approximate surface area is 176 Å². The van der Waals surface area contributed by atoms with E-state index in [1.54, 1.807) is 0 Å². The minimum absolute atomic E-state index is 0.0248. The molecule has 2 aromatic carbocycles. The van der Waals surface area contributed by atoms with Crippen LogP contribution in [-0.2, 0) is 20.8 Å². The van der Waals surface area contributed by atoms with Gasteiger partial charge in [0.05, 0.1) is 6.61 Å². The molecule has 1 amide bonds. The molecule has 3 atom stereocenters. The molecule has 158 valence electrons. The minimum Gasteiger partial charge on any atom is -0.454 e. The molecule has 1 saturated carbocycles. The second-order valence-electron chi connectivity index (χ2n) is 8.72. The summed E-state index contributed by atoms with van der Waals surface area (Å²) in [6, 6.07) is 16.1. The van der Waals surface area contributed by atoms with Crippen molar-refractivity contribution in [2.24, 2.45) is 5.92 Å². The van der Waals surface area contributed by atoms with Crippen LogP contribution < -0.4 is 9.47 Å². The van der Waals surface area contributed by atoms with Gasteiger partial charge in [0, 0.05) is 19.0 Å². The van der Waals surface area contributed by atoms with Gasteiger partial charge in [-0.05, 0) is 49.4 Å². The minimum atomic E-state index is -0.607. The number of rotatable bonds is 6. The smallest absolute Gasteiger partial charge is 0.231 e. The molecule has 0 bridgehead atoms. The van der Waals surface area contributed by atoms with E-state index in [2.05, 4.69) is 12.1 Å². The van der Waals surface area contributed by atoms with E-state index >= 15 is 0 Å². The van der Waals surface area contributed by atoms with E-state index in [1.165, 1.54) is 5.56 Å². The summed E-state index contributed by atoms with van der Waals surface area (Å²) >= 11 is 0. The first-order valence-electron chi connectivity index (χ1n) is 10.5. The Bertz CT molecular complexity index is 928. The Balaban J connectivity index is 1.32. The highest BCUT2D eigenvalue weighted by Gasteiger charge is 2.46. The fourth-order valence-electron chi connectivity index (χ4n) is 4.36. The number of benzene rings is 2. The van der Waals surface area contributed by atoms with E-state index in [4.69, 9.17) is 18.9 Å². The van der Waals surface area contributed by atoms with Crippen LogP contribution in [0.3, 0.4) is 0 Å². The van der Waals surface area contributed by atoms with Crippen molar-refractivity contribution in [1.29, 1.82) is 0 Å². The van der Waals surface area contributed by atoms with Crippen molar-refractivity contribution in [3.05, 3.63) is 59.7 Å². The molecule has 2 aromatic rings. The van der Waals surface area contributed by atoms with E-state index in [0.29, 0.717) is 25.6 Å². The van der Waals surface area contributed by atoms with Gasteiger partial charge >= 0.3 is 0 Å². The number of hydrogen-bond acceptors (Lipinski definition) is 5. The van der Waals surface area contributed by atoms with Crippen LogP contribution >= 0.6 is 0 Å². The first-order valence-corrected chi connectivity index (χ1v) is 10.5. The third-order valence-corrected chi connectivity index (χ3v) is 5.95. The molecule has 0 spiro atoms. The van der Waals surface area contributed by atoms with Gasteiger partial charge in [0.1, 0.15) is 6.10 Å². The lowest BCUT2D eigenvalue weighted by Gasteiger charge is -2.26. The van der Waals surface area contributed by atoms with E-state index in [9.17, 15) is 4.79 Å². The third kappa shape index (κ3) is 4.02. The van der Waals surface area contributed by atoms with Crippen LogP contribution in [0.1, 0.15) is 37.3 Å². The topological polar surface area (TPSA) is 57.2 Å². The van der Waals surface area contributed by atoms with Crippen molar-refractivity contribution in [2.75, 3.05) is 19.9 Å². The van der Waals surface area contributed by atoms with Gasteiger partial charge in [-0.25, -0.2) is 0 Å². The molecule has 0 aromatic heterocycles. The monoisotopic (exact) mass is 409 g/mol. The third-order valence-electron chi connectivity index (χ3n) is 5.95. The van der Waals surface area contributed by atoms with Gasteiger partial charge in [-0.2, -0.15) is 0 Å². The van der Waals surface area contributed by atoms with Gasteiger partial charge in [-0.1, -0.05) is 36.4 Å². The van der Waals surface area contributed by atoms with Crippen molar-refractivity contribution < 1.29 is 23.7 Å². The second kappa shape index (κ2) is 7.60. The Morgan fingerprint density at radius 2 is 1.90 bits per heavy atom. The molecule has 2 aliphatic heterocycles. The van der Waals surface area contributed by atoms with Crippen LogP contribution in [0.25, 0.3) is 0 Å². The number of fused-ring (bicyclic) bond motifs is 1. The molecule has 1 aliphatic carbocycles. The maximum Gasteiger partial charge on any atom is 0.231 e.